The Balaban J connectivity index is 1.58. The highest BCUT2D eigenvalue weighted by Gasteiger charge is 2.26. The van der Waals surface area contributed by atoms with Gasteiger partial charge in [-0.05, 0) is 37.5 Å². The summed E-state index contributed by atoms with van der Waals surface area (Å²) in [4.78, 5) is 27.0. The molecule has 36 heavy (non-hydrogen) atoms. The lowest BCUT2D eigenvalue weighted by atomic mass is 9.99. The largest absolute Gasteiger partial charge is 0.462 e. The number of aryl methyl sites for hydroxylation is 2. The van der Waals surface area contributed by atoms with Crippen molar-refractivity contribution >= 4 is 28.2 Å². The second-order valence-corrected chi connectivity index (χ2v) is 9.73. The van der Waals surface area contributed by atoms with E-state index in [1.165, 1.54) is 11.3 Å². The van der Waals surface area contributed by atoms with Gasteiger partial charge in [-0.1, -0.05) is 90.5 Å². The van der Waals surface area contributed by atoms with Crippen molar-refractivity contribution in [2.45, 2.75) is 26.8 Å². The number of carbonyl (C=O) groups is 2. The summed E-state index contributed by atoms with van der Waals surface area (Å²) >= 11 is 1.39. The molecule has 0 bridgehead atoms. The number of amides is 1. The van der Waals surface area contributed by atoms with E-state index in [0.717, 1.165) is 32.7 Å². The molecule has 1 aromatic heterocycles. The van der Waals surface area contributed by atoms with Crippen LogP contribution in [0.1, 0.15) is 44.9 Å². The van der Waals surface area contributed by atoms with Crippen molar-refractivity contribution < 1.29 is 14.3 Å². The molecule has 0 unspecified atom stereocenters. The van der Waals surface area contributed by atoms with Gasteiger partial charge in [0.2, 0.25) is 5.91 Å². The number of rotatable bonds is 9. The lowest BCUT2D eigenvalue weighted by Crippen LogP contribution is -2.32. The Morgan fingerprint density at radius 2 is 1.44 bits per heavy atom. The van der Waals surface area contributed by atoms with Crippen LogP contribution in [0.15, 0.2) is 84.9 Å². The predicted molar refractivity (Wildman–Crippen MR) is 147 cm³/mol. The minimum atomic E-state index is -0.438. The molecule has 0 atom stereocenters. The molecule has 0 fully saturated rings. The van der Waals surface area contributed by atoms with Crippen LogP contribution in [0.2, 0.25) is 0 Å². The molecule has 0 radical (unpaired) electrons. The third-order valence-corrected chi connectivity index (χ3v) is 6.91. The molecular formula is C30H30N2O3S. The molecule has 0 aliphatic heterocycles. The molecule has 4 aromatic rings. The Morgan fingerprint density at radius 3 is 2.00 bits per heavy atom. The molecule has 6 heteroatoms. The molecule has 1 amide bonds. The van der Waals surface area contributed by atoms with Gasteiger partial charge in [0.15, 0.2) is 0 Å². The van der Waals surface area contributed by atoms with Gasteiger partial charge in [-0.15, -0.1) is 11.3 Å². The summed E-state index contributed by atoms with van der Waals surface area (Å²) in [6.07, 6.45) is 0. The Morgan fingerprint density at radius 1 is 0.861 bits per heavy atom. The van der Waals surface area contributed by atoms with Crippen molar-refractivity contribution in [2.75, 3.05) is 18.5 Å². The topological polar surface area (TPSA) is 67.4 Å². The van der Waals surface area contributed by atoms with Crippen LogP contribution in [0.3, 0.4) is 0 Å². The standard InChI is InChI=1S/C30H30N2O3S/c1-4-35-30(34)27-26(22-17-15-20(2)16-18-22)21(3)36-29(27)32-25(33)19-31-28(23-11-7-5-8-12-23)24-13-9-6-10-14-24/h5-18,28,31H,4,19H2,1-3H3,(H,32,33). The van der Waals surface area contributed by atoms with Crippen LogP contribution in [0.5, 0.6) is 0 Å². The van der Waals surface area contributed by atoms with Crippen molar-refractivity contribution in [3.8, 4) is 11.1 Å². The quantitative estimate of drug-likeness (QED) is 0.258. The van der Waals surface area contributed by atoms with Crippen molar-refractivity contribution in [3.05, 3.63) is 112 Å². The molecule has 0 saturated carbocycles. The van der Waals surface area contributed by atoms with E-state index in [1.54, 1.807) is 6.92 Å². The number of esters is 1. The molecule has 0 saturated heterocycles. The highest BCUT2D eigenvalue weighted by atomic mass is 32.1. The van der Waals surface area contributed by atoms with E-state index in [-0.39, 0.29) is 25.1 Å². The Kier molecular flexibility index (Phi) is 8.31. The van der Waals surface area contributed by atoms with E-state index in [9.17, 15) is 9.59 Å². The average Bonchev–Trinajstić information content (AvgIpc) is 3.21. The molecule has 0 spiro atoms. The Labute approximate surface area is 216 Å². The minimum absolute atomic E-state index is 0.0769. The Hall–Kier alpha value is -3.74. The maximum absolute atomic E-state index is 13.1. The second kappa shape index (κ2) is 11.8. The fourth-order valence-corrected chi connectivity index (χ4v) is 5.26. The number of carbonyl (C=O) groups excluding carboxylic acids is 2. The van der Waals surface area contributed by atoms with E-state index in [2.05, 4.69) is 10.6 Å². The fourth-order valence-electron chi connectivity index (χ4n) is 4.18. The van der Waals surface area contributed by atoms with Crippen molar-refractivity contribution in [2.24, 2.45) is 0 Å². The highest BCUT2D eigenvalue weighted by Crippen LogP contribution is 2.40. The lowest BCUT2D eigenvalue weighted by molar-refractivity contribution is -0.115. The smallest absolute Gasteiger partial charge is 0.341 e. The molecule has 0 aliphatic rings. The number of anilines is 1. The fraction of sp³-hybridized carbons (Fsp3) is 0.200. The first-order valence-electron chi connectivity index (χ1n) is 12.0. The van der Waals surface area contributed by atoms with E-state index in [0.29, 0.717) is 10.6 Å². The van der Waals surface area contributed by atoms with Gasteiger partial charge in [0.25, 0.3) is 0 Å². The SMILES string of the molecule is CCOC(=O)c1c(NC(=O)CNC(c2ccccc2)c2ccccc2)sc(C)c1-c1ccc(C)cc1. The van der Waals surface area contributed by atoms with Gasteiger partial charge in [-0.3, -0.25) is 10.1 Å². The maximum atomic E-state index is 13.1. The van der Waals surface area contributed by atoms with Crippen LogP contribution >= 0.6 is 11.3 Å². The van der Waals surface area contributed by atoms with E-state index < -0.39 is 5.97 Å². The number of benzene rings is 3. The van der Waals surface area contributed by atoms with Gasteiger partial charge < -0.3 is 10.1 Å². The first-order valence-corrected chi connectivity index (χ1v) is 12.8. The van der Waals surface area contributed by atoms with Crippen molar-refractivity contribution in [1.82, 2.24) is 5.32 Å². The molecule has 4 rings (SSSR count). The van der Waals surface area contributed by atoms with E-state index in [1.807, 2.05) is 98.8 Å². The van der Waals surface area contributed by atoms with Gasteiger partial charge in [0, 0.05) is 10.4 Å². The molecule has 184 valence electrons. The van der Waals surface area contributed by atoms with Gasteiger partial charge in [0.05, 0.1) is 19.2 Å². The first kappa shape index (κ1) is 25.4. The molecular weight excluding hydrogens is 468 g/mol. The summed E-state index contributed by atoms with van der Waals surface area (Å²) in [5.41, 5.74) is 5.39. The summed E-state index contributed by atoms with van der Waals surface area (Å²) < 4.78 is 5.36. The number of hydrogen-bond acceptors (Lipinski definition) is 5. The molecule has 5 nitrogen and oxygen atoms in total. The van der Waals surface area contributed by atoms with E-state index >= 15 is 0 Å². The van der Waals surface area contributed by atoms with Crippen LogP contribution in [0, 0.1) is 13.8 Å². The average molecular weight is 499 g/mol. The summed E-state index contributed by atoms with van der Waals surface area (Å²) in [6, 6.07) is 27.9. The first-order chi connectivity index (χ1) is 17.5. The summed E-state index contributed by atoms with van der Waals surface area (Å²) in [5, 5.41) is 6.85. The van der Waals surface area contributed by atoms with Gasteiger partial charge in [-0.2, -0.15) is 0 Å². The van der Waals surface area contributed by atoms with Gasteiger partial charge in [-0.25, -0.2) is 4.79 Å². The Bertz CT molecular complexity index is 1280. The van der Waals surface area contributed by atoms with Crippen LogP contribution in [-0.2, 0) is 9.53 Å². The monoisotopic (exact) mass is 498 g/mol. The predicted octanol–water partition coefficient (Wildman–Crippen LogP) is 6.53. The van der Waals surface area contributed by atoms with Gasteiger partial charge >= 0.3 is 5.97 Å². The van der Waals surface area contributed by atoms with E-state index in [4.69, 9.17) is 4.74 Å². The van der Waals surface area contributed by atoms with Crippen molar-refractivity contribution in [3.63, 3.8) is 0 Å². The third-order valence-electron chi connectivity index (χ3n) is 5.89. The van der Waals surface area contributed by atoms with Crippen LogP contribution in [0.25, 0.3) is 11.1 Å². The second-order valence-electron chi connectivity index (χ2n) is 8.51. The molecule has 0 aliphatic carbocycles. The zero-order chi connectivity index (χ0) is 25.5. The maximum Gasteiger partial charge on any atom is 0.341 e. The van der Waals surface area contributed by atoms with Crippen molar-refractivity contribution in [1.29, 1.82) is 0 Å². The zero-order valence-electron chi connectivity index (χ0n) is 20.7. The number of hydrogen-bond donors (Lipinski definition) is 2. The summed E-state index contributed by atoms with van der Waals surface area (Å²) in [7, 11) is 0. The van der Waals surface area contributed by atoms with Crippen LogP contribution in [0.4, 0.5) is 5.00 Å². The number of thiophene rings is 1. The normalized spacial score (nSPS) is 10.9. The molecule has 1 heterocycles. The molecule has 2 N–H and O–H groups in total. The molecule has 3 aromatic carbocycles. The number of nitrogens with one attached hydrogen (secondary N) is 2. The summed E-state index contributed by atoms with van der Waals surface area (Å²) in [6.45, 7) is 6.09. The number of ether oxygens (including phenoxy) is 1. The zero-order valence-corrected chi connectivity index (χ0v) is 21.5. The lowest BCUT2D eigenvalue weighted by Gasteiger charge is -2.19. The minimum Gasteiger partial charge on any atom is -0.462 e. The highest BCUT2D eigenvalue weighted by molar-refractivity contribution is 7.17. The van der Waals surface area contributed by atoms with Crippen LogP contribution in [-0.4, -0.2) is 25.0 Å². The summed E-state index contributed by atoms with van der Waals surface area (Å²) in [5.74, 6) is -0.666. The van der Waals surface area contributed by atoms with Crippen LogP contribution < -0.4 is 10.6 Å². The third kappa shape index (κ3) is 5.90. The van der Waals surface area contributed by atoms with Gasteiger partial charge in [0.1, 0.15) is 10.6 Å².